The number of ether oxygens (including phenoxy) is 2. The first-order chi connectivity index (χ1) is 8.01. The van der Waals surface area contributed by atoms with Gasteiger partial charge in [0.15, 0.2) is 12.0 Å². The molecule has 17 heavy (non-hydrogen) atoms. The quantitative estimate of drug-likeness (QED) is 0.258. The zero-order valence-electron chi connectivity index (χ0n) is 9.13. The Morgan fingerprint density at radius 1 is 1.47 bits per heavy atom. The first kappa shape index (κ1) is 12.6. The summed E-state index contributed by atoms with van der Waals surface area (Å²) in [5.41, 5.74) is -0.677. The standard InChI is InChI=1S/C10H9NO6/c1-6(13)17-8-4-3-7(5-12)9(11(14)15)10(8)16-2/h3-5H,1-2H3. The number of rotatable bonds is 4. The molecule has 0 aliphatic heterocycles. The fourth-order valence-corrected chi connectivity index (χ4v) is 1.28. The van der Waals surface area contributed by atoms with Crippen molar-refractivity contribution in [3.63, 3.8) is 0 Å². The summed E-state index contributed by atoms with van der Waals surface area (Å²) in [6.45, 7) is 1.15. The fourth-order valence-electron chi connectivity index (χ4n) is 1.28. The van der Waals surface area contributed by atoms with E-state index in [9.17, 15) is 19.7 Å². The van der Waals surface area contributed by atoms with Gasteiger partial charge < -0.3 is 9.47 Å². The number of carbonyl (C=O) groups is 2. The Bertz CT molecular complexity index is 482. The van der Waals surface area contributed by atoms with E-state index in [2.05, 4.69) is 0 Å². The molecule has 0 bridgehead atoms. The molecule has 0 fully saturated rings. The molecular formula is C10H9NO6. The number of hydrogen-bond donors (Lipinski definition) is 0. The second kappa shape index (κ2) is 5.06. The fraction of sp³-hybridized carbons (Fsp3) is 0.200. The molecule has 7 nitrogen and oxygen atoms in total. The molecule has 90 valence electrons. The smallest absolute Gasteiger partial charge is 0.325 e. The maximum absolute atomic E-state index is 10.8. The van der Waals surface area contributed by atoms with E-state index < -0.39 is 16.6 Å². The Morgan fingerprint density at radius 3 is 2.53 bits per heavy atom. The van der Waals surface area contributed by atoms with Crippen molar-refractivity contribution in [1.82, 2.24) is 0 Å². The zero-order valence-corrected chi connectivity index (χ0v) is 9.13. The molecule has 0 spiro atoms. The van der Waals surface area contributed by atoms with E-state index in [-0.39, 0.29) is 17.1 Å². The lowest BCUT2D eigenvalue weighted by Gasteiger charge is -2.08. The third kappa shape index (κ3) is 2.57. The average Bonchev–Trinajstić information content (AvgIpc) is 2.27. The number of nitro benzene ring substituents is 1. The van der Waals surface area contributed by atoms with Crippen LogP contribution in [-0.4, -0.2) is 24.3 Å². The molecule has 0 N–H and O–H groups in total. The number of carbonyl (C=O) groups excluding carboxylic acids is 2. The summed E-state index contributed by atoms with van der Waals surface area (Å²) in [5.74, 6) is -0.997. The van der Waals surface area contributed by atoms with E-state index in [4.69, 9.17) is 9.47 Å². The molecule has 1 aromatic rings. The summed E-state index contributed by atoms with van der Waals surface area (Å²) in [4.78, 5) is 31.5. The van der Waals surface area contributed by atoms with Crippen molar-refractivity contribution in [1.29, 1.82) is 0 Å². The van der Waals surface area contributed by atoms with Gasteiger partial charge in [-0.05, 0) is 12.1 Å². The molecule has 0 saturated carbocycles. The van der Waals surface area contributed by atoms with Crippen LogP contribution in [0.15, 0.2) is 12.1 Å². The second-order valence-corrected chi connectivity index (χ2v) is 3.00. The molecule has 0 saturated heterocycles. The number of nitro groups is 1. The van der Waals surface area contributed by atoms with Crippen LogP contribution in [0.5, 0.6) is 11.5 Å². The topological polar surface area (TPSA) is 95.7 Å². The van der Waals surface area contributed by atoms with Gasteiger partial charge in [0, 0.05) is 6.92 Å². The number of benzene rings is 1. The minimum atomic E-state index is -0.768. The number of nitrogens with zero attached hydrogens (tertiary/aromatic N) is 1. The van der Waals surface area contributed by atoms with Crippen molar-refractivity contribution in [2.24, 2.45) is 0 Å². The Hall–Kier alpha value is -2.44. The minimum Gasteiger partial charge on any atom is -0.488 e. The number of aldehydes is 1. The van der Waals surface area contributed by atoms with Gasteiger partial charge >= 0.3 is 11.7 Å². The highest BCUT2D eigenvalue weighted by Crippen LogP contribution is 2.38. The summed E-state index contributed by atoms with van der Waals surface area (Å²) < 4.78 is 9.55. The highest BCUT2D eigenvalue weighted by Gasteiger charge is 2.25. The van der Waals surface area contributed by atoms with Crippen LogP contribution in [0, 0.1) is 10.1 Å². The molecule has 0 radical (unpaired) electrons. The van der Waals surface area contributed by atoms with Gasteiger partial charge in [0.25, 0.3) is 0 Å². The Balaban J connectivity index is 3.45. The maximum Gasteiger partial charge on any atom is 0.325 e. The van der Waals surface area contributed by atoms with Crippen LogP contribution in [0.2, 0.25) is 0 Å². The van der Waals surface area contributed by atoms with Crippen LogP contribution >= 0.6 is 0 Å². The molecule has 0 aliphatic rings. The Kier molecular flexibility index (Phi) is 3.76. The van der Waals surface area contributed by atoms with Gasteiger partial charge in [-0.1, -0.05) is 0 Å². The van der Waals surface area contributed by atoms with E-state index in [1.54, 1.807) is 0 Å². The summed E-state index contributed by atoms with van der Waals surface area (Å²) in [6, 6.07) is 2.45. The van der Waals surface area contributed by atoms with Gasteiger partial charge in [-0.3, -0.25) is 19.7 Å². The number of methoxy groups -OCH3 is 1. The molecule has 0 atom stereocenters. The van der Waals surface area contributed by atoms with E-state index in [1.165, 1.54) is 19.2 Å². The van der Waals surface area contributed by atoms with E-state index in [1.807, 2.05) is 0 Å². The monoisotopic (exact) mass is 239 g/mol. The van der Waals surface area contributed by atoms with Gasteiger partial charge in [-0.25, -0.2) is 0 Å². The zero-order chi connectivity index (χ0) is 13.0. The molecule has 0 heterocycles. The first-order valence-electron chi connectivity index (χ1n) is 4.50. The minimum absolute atomic E-state index is 0.0997. The molecule has 1 rings (SSSR count). The highest BCUT2D eigenvalue weighted by atomic mass is 16.6. The van der Waals surface area contributed by atoms with Crippen LogP contribution in [-0.2, 0) is 4.79 Å². The second-order valence-electron chi connectivity index (χ2n) is 3.00. The maximum atomic E-state index is 10.8. The predicted molar refractivity (Wildman–Crippen MR) is 56.3 cm³/mol. The van der Waals surface area contributed by atoms with E-state index in [0.717, 1.165) is 6.92 Å². The van der Waals surface area contributed by atoms with E-state index >= 15 is 0 Å². The van der Waals surface area contributed by atoms with E-state index in [0.29, 0.717) is 6.29 Å². The normalized spacial score (nSPS) is 9.53. The first-order valence-corrected chi connectivity index (χ1v) is 4.50. The summed E-state index contributed by atoms with van der Waals surface area (Å²) in [6.07, 6.45) is 0.332. The van der Waals surface area contributed by atoms with Crippen LogP contribution in [0.25, 0.3) is 0 Å². The molecule has 0 amide bonds. The van der Waals surface area contributed by atoms with Gasteiger partial charge in [-0.15, -0.1) is 0 Å². The third-order valence-corrected chi connectivity index (χ3v) is 1.89. The van der Waals surface area contributed by atoms with Crippen molar-refractivity contribution < 1.29 is 24.0 Å². The van der Waals surface area contributed by atoms with Crippen molar-refractivity contribution in [3.05, 3.63) is 27.8 Å². The molecule has 0 aliphatic carbocycles. The lowest BCUT2D eigenvalue weighted by atomic mass is 10.1. The molecular weight excluding hydrogens is 230 g/mol. The average molecular weight is 239 g/mol. The predicted octanol–water partition coefficient (Wildman–Crippen LogP) is 1.34. The van der Waals surface area contributed by atoms with Crippen LogP contribution in [0.4, 0.5) is 5.69 Å². The summed E-state index contributed by atoms with van der Waals surface area (Å²) >= 11 is 0. The molecule has 1 aromatic carbocycles. The van der Waals surface area contributed by atoms with Gasteiger partial charge in [0.05, 0.1) is 17.6 Å². The number of esters is 1. The van der Waals surface area contributed by atoms with Gasteiger partial charge in [-0.2, -0.15) is 0 Å². The number of hydrogen-bond acceptors (Lipinski definition) is 6. The van der Waals surface area contributed by atoms with Crippen LogP contribution in [0.1, 0.15) is 17.3 Å². The summed E-state index contributed by atoms with van der Waals surface area (Å²) in [7, 11) is 1.18. The molecule has 0 aromatic heterocycles. The van der Waals surface area contributed by atoms with Crippen LogP contribution in [0.3, 0.4) is 0 Å². The van der Waals surface area contributed by atoms with Crippen molar-refractivity contribution in [3.8, 4) is 11.5 Å². The Labute approximate surface area is 96.1 Å². The molecule has 0 unspecified atom stereocenters. The van der Waals surface area contributed by atoms with Crippen molar-refractivity contribution in [2.75, 3.05) is 7.11 Å². The SMILES string of the molecule is COc1c(OC(C)=O)ccc(C=O)c1[N+](=O)[O-]. The Morgan fingerprint density at radius 2 is 2.12 bits per heavy atom. The lowest BCUT2D eigenvalue weighted by Crippen LogP contribution is -2.06. The highest BCUT2D eigenvalue weighted by molar-refractivity contribution is 5.85. The van der Waals surface area contributed by atoms with Gasteiger partial charge in [0.2, 0.25) is 5.75 Å². The van der Waals surface area contributed by atoms with Crippen LogP contribution < -0.4 is 9.47 Å². The molecule has 7 heteroatoms. The largest absolute Gasteiger partial charge is 0.488 e. The lowest BCUT2D eigenvalue weighted by molar-refractivity contribution is -0.386. The third-order valence-electron chi connectivity index (χ3n) is 1.89. The van der Waals surface area contributed by atoms with Crippen molar-refractivity contribution >= 4 is 17.9 Å². The van der Waals surface area contributed by atoms with Gasteiger partial charge in [0.1, 0.15) is 0 Å². The summed E-state index contributed by atoms with van der Waals surface area (Å²) in [5, 5.41) is 10.8. The van der Waals surface area contributed by atoms with Crippen molar-refractivity contribution in [2.45, 2.75) is 6.92 Å².